The van der Waals surface area contributed by atoms with E-state index in [4.69, 9.17) is 0 Å². The minimum absolute atomic E-state index is 0.0910. The van der Waals surface area contributed by atoms with E-state index in [1.54, 1.807) is 11.3 Å². The Labute approximate surface area is 224 Å². The fourth-order valence-corrected chi connectivity index (χ4v) is 8.01. The van der Waals surface area contributed by atoms with Gasteiger partial charge in [0.05, 0.1) is 22.8 Å². The van der Waals surface area contributed by atoms with E-state index < -0.39 is 0 Å². The molecule has 3 aliphatic heterocycles. The van der Waals surface area contributed by atoms with E-state index >= 15 is 0 Å². The average molecular weight is 499 g/mol. The molecule has 3 aromatic rings. The molecule has 5 aliphatic rings. The third kappa shape index (κ3) is 2.71. The van der Waals surface area contributed by atoms with Gasteiger partial charge in [-0.3, -0.25) is 9.98 Å². The minimum Gasteiger partial charge on any atom is -0.313 e. The monoisotopic (exact) mass is 498 g/mol. The number of allylic oxidation sites excluding steroid dienone is 5. The third-order valence-electron chi connectivity index (χ3n) is 9.93. The molecule has 1 aromatic carbocycles. The van der Waals surface area contributed by atoms with Gasteiger partial charge in [-0.15, -0.1) is 0 Å². The molecule has 4 nitrogen and oxygen atoms in total. The van der Waals surface area contributed by atoms with Crippen molar-refractivity contribution < 1.29 is 0 Å². The van der Waals surface area contributed by atoms with Crippen molar-refractivity contribution in [1.29, 1.82) is 0 Å². The zero-order chi connectivity index (χ0) is 25.8. The van der Waals surface area contributed by atoms with Gasteiger partial charge in [0.15, 0.2) is 0 Å². The molecular formula is C34H34N4. The van der Waals surface area contributed by atoms with Gasteiger partial charge in [-0.2, -0.15) is 0 Å². The lowest BCUT2D eigenvalue weighted by atomic mass is 9.61. The van der Waals surface area contributed by atoms with Crippen LogP contribution in [0.4, 0.5) is 11.4 Å². The Balaban J connectivity index is 1.52. The van der Waals surface area contributed by atoms with Crippen molar-refractivity contribution in [2.75, 3.05) is 11.4 Å². The van der Waals surface area contributed by atoms with Crippen molar-refractivity contribution in [3.8, 4) is 0 Å². The standard InChI is InChI=1S/C34H34N4/c1-33(2)26-10-5-9-24-25-18-23(37(21-13-16-35-17-14-21)22-8-7-15-36-20-22)19-29-31(25)38(30(24)26)32-27(33)11-6-12-28(32)34(29,3)4/h6-9,12-13,15-16,18-20,27H,5,10-11,14,17H2,1-4H3. The number of hydrogen-bond donors (Lipinski definition) is 0. The summed E-state index contributed by atoms with van der Waals surface area (Å²) in [5.41, 5.74) is 11.2. The average Bonchev–Trinajstić information content (AvgIpc) is 3.27. The van der Waals surface area contributed by atoms with E-state index in [0.29, 0.717) is 5.92 Å². The Morgan fingerprint density at radius 2 is 1.97 bits per heavy atom. The van der Waals surface area contributed by atoms with Gasteiger partial charge in [0.2, 0.25) is 0 Å². The molecule has 0 spiro atoms. The summed E-state index contributed by atoms with van der Waals surface area (Å²) < 4.78 is 2.70. The van der Waals surface area contributed by atoms with Crippen molar-refractivity contribution in [2.45, 2.75) is 58.8 Å². The Morgan fingerprint density at radius 3 is 2.76 bits per heavy atom. The van der Waals surface area contributed by atoms with E-state index in [0.717, 1.165) is 31.5 Å². The van der Waals surface area contributed by atoms with Gasteiger partial charge in [-0.1, -0.05) is 45.9 Å². The zero-order valence-corrected chi connectivity index (χ0v) is 22.8. The highest BCUT2D eigenvalue weighted by molar-refractivity contribution is 5.98. The zero-order valence-electron chi connectivity index (χ0n) is 22.8. The summed E-state index contributed by atoms with van der Waals surface area (Å²) >= 11 is 0. The maximum absolute atomic E-state index is 4.50. The second-order valence-electron chi connectivity index (χ2n) is 12.6. The number of fused-ring (bicyclic) bond motifs is 1. The SMILES string of the molecule is CC1(C)C2=C3C(CC=C2)C(C)(C)C2=c4c(c5cc(N(C6=CC=NCC6)c6cccnc6)cc1c5n43)=CCC2. The number of hydrogen-bond acceptors (Lipinski definition) is 3. The number of aromatic nitrogens is 2. The van der Waals surface area contributed by atoms with Crippen molar-refractivity contribution in [3.05, 3.63) is 82.3 Å². The molecular weight excluding hydrogens is 464 g/mol. The largest absolute Gasteiger partial charge is 0.313 e. The van der Waals surface area contributed by atoms with Gasteiger partial charge in [0.1, 0.15) is 0 Å². The lowest BCUT2D eigenvalue weighted by molar-refractivity contribution is 0.333. The van der Waals surface area contributed by atoms with Crippen molar-refractivity contribution in [2.24, 2.45) is 16.3 Å². The van der Waals surface area contributed by atoms with Crippen molar-refractivity contribution >= 4 is 45.8 Å². The Morgan fingerprint density at radius 1 is 1.08 bits per heavy atom. The highest BCUT2D eigenvalue weighted by Crippen LogP contribution is 2.56. The molecule has 0 amide bonds. The maximum atomic E-state index is 4.50. The molecule has 8 rings (SSSR count). The molecule has 0 bridgehead atoms. The number of benzene rings is 1. The summed E-state index contributed by atoms with van der Waals surface area (Å²) in [5, 5.41) is 4.33. The summed E-state index contributed by atoms with van der Waals surface area (Å²) in [7, 11) is 0. The first kappa shape index (κ1) is 22.3. The number of nitrogens with zero attached hydrogens (tertiary/aromatic N) is 4. The maximum Gasteiger partial charge on any atom is 0.0641 e. The van der Waals surface area contributed by atoms with Gasteiger partial charge in [0.25, 0.3) is 0 Å². The van der Waals surface area contributed by atoms with Gasteiger partial charge < -0.3 is 9.47 Å². The number of rotatable bonds is 3. The normalized spacial score (nSPS) is 23.4. The summed E-state index contributed by atoms with van der Waals surface area (Å²) in [4.78, 5) is 11.4. The minimum atomic E-state index is -0.0910. The number of anilines is 2. The molecule has 0 saturated carbocycles. The molecule has 2 aromatic heterocycles. The fraction of sp³-hybridized carbons (Fsp3) is 0.353. The molecule has 0 N–H and O–H groups in total. The topological polar surface area (TPSA) is 33.4 Å². The highest BCUT2D eigenvalue weighted by atomic mass is 15.2. The summed E-state index contributed by atoms with van der Waals surface area (Å²) in [6.45, 7) is 10.7. The van der Waals surface area contributed by atoms with Gasteiger partial charge in [-0.25, -0.2) is 0 Å². The van der Waals surface area contributed by atoms with Gasteiger partial charge in [0, 0.05) is 64.4 Å². The van der Waals surface area contributed by atoms with Gasteiger partial charge >= 0.3 is 0 Å². The van der Waals surface area contributed by atoms with Crippen LogP contribution >= 0.6 is 0 Å². The molecule has 2 aliphatic carbocycles. The van der Waals surface area contributed by atoms with Gasteiger partial charge in [-0.05, 0) is 71.7 Å². The molecule has 0 fully saturated rings. The van der Waals surface area contributed by atoms with Crippen molar-refractivity contribution in [3.63, 3.8) is 0 Å². The van der Waals surface area contributed by atoms with Crippen LogP contribution in [0.2, 0.25) is 0 Å². The number of pyridine rings is 1. The molecule has 1 unspecified atom stereocenters. The van der Waals surface area contributed by atoms with Crippen LogP contribution in [-0.2, 0) is 5.41 Å². The Bertz CT molecular complexity index is 1790. The molecule has 1 atom stereocenters. The molecule has 0 saturated heterocycles. The second-order valence-corrected chi connectivity index (χ2v) is 12.6. The van der Waals surface area contributed by atoms with Crippen molar-refractivity contribution in [1.82, 2.24) is 9.55 Å². The smallest absolute Gasteiger partial charge is 0.0641 e. The quantitative estimate of drug-likeness (QED) is 0.420. The number of aliphatic imine (C=N–C) groups is 1. The molecule has 5 heterocycles. The summed E-state index contributed by atoms with van der Waals surface area (Å²) in [5.74, 6) is 0.525. The van der Waals surface area contributed by atoms with E-state index in [9.17, 15) is 0 Å². The first-order chi connectivity index (χ1) is 18.4. The molecule has 0 radical (unpaired) electrons. The highest BCUT2D eigenvalue weighted by Gasteiger charge is 2.48. The predicted octanol–water partition coefficient (Wildman–Crippen LogP) is 6.38. The van der Waals surface area contributed by atoms with Crippen LogP contribution in [0.25, 0.3) is 28.2 Å². The first-order valence-electron chi connectivity index (χ1n) is 14.1. The van der Waals surface area contributed by atoms with E-state index in [1.807, 2.05) is 24.7 Å². The van der Waals surface area contributed by atoms with Crippen LogP contribution < -0.4 is 15.5 Å². The lowest BCUT2D eigenvalue weighted by Crippen LogP contribution is -2.48. The Kier molecular flexibility index (Phi) is 4.39. The number of dihydropyridines is 1. The lowest BCUT2D eigenvalue weighted by Gasteiger charge is -2.48. The molecule has 190 valence electrons. The van der Waals surface area contributed by atoms with Crippen LogP contribution in [-0.4, -0.2) is 22.3 Å². The summed E-state index contributed by atoms with van der Waals surface area (Å²) in [6.07, 6.45) is 19.7. The molecule has 4 heteroatoms. The fourth-order valence-electron chi connectivity index (χ4n) is 8.01. The van der Waals surface area contributed by atoms with E-state index in [1.165, 1.54) is 50.4 Å². The third-order valence-corrected chi connectivity index (χ3v) is 9.93. The van der Waals surface area contributed by atoms with E-state index in [-0.39, 0.29) is 10.8 Å². The predicted molar refractivity (Wildman–Crippen MR) is 158 cm³/mol. The van der Waals surface area contributed by atoms with Crippen LogP contribution in [0.3, 0.4) is 0 Å². The van der Waals surface area contributed by atoms with E-state index in [2.05, 4.69) is 89.6 Å². The molecule has 38 heavy (non-hydrogen) atoms. The second kappa shape index (κ2) is 7.47. The first-order valence-corrected chi connectivity index (χ1v) is 14.1. The Hall–Kier alpha value is -3.66. The van der Waals surface area contributed by atoms with Crippen LogP contribution in [0.1, 0.15) is 58.9 Å². The van der Waals surface area contributed by atoms with Crippen LogP contribution in [0, 0.1) is 11.3 Å². The summed E-state index contributed by atoms with van der Waals surface area (Å²) in [6, 6.07) is 9.14. The van der Waals surface area contributed by atoms with Crippen LogP contribution in [0.5, 0.6) is 0 Å². The van der Waals surface area contributed by atoms with Crippen LogP contribution in [0.15, 0.2) is 71.1 Å².